The van der Waals surface area contributed by atoms with Crippen molar-refractivity contribution in [2.75, 3.05) is 6.54 Å². The van der Waals surface area contributed by atoms with Crippen LogP contribution in [0.15, 0.2) is 12.1 Å². The molecule has 6 heteroatoms. The third-order valence-electron chi connectivity index (χ3n) is 5.76. The van der Waals surface area contributed by atoms with E-state index in [1.165, 1.54) is 11.1 Å². The largest absolute Gasteiger partial charge is 0.494 e. The number of amides is 1. The molecule has 1 amide bonds. The van der Waals surface area contributed by atoms with Crippen LogP contribution in [0.4, 0.5) is 4.79 Å². The van der Waals surface area contributed by atoms with Crippen LogP contribution in [0.3, 0.4) is 0 Å². The second kappa shape index (κ2) is 6.52. The Hall–Kier alpha value is -1.53. The highest BCUT2D eigenvalue weighted by atomic mass is 16.7. The highest BCUT2D eigenvalue weighted by Gasteiger charge is 2.51. The SMILES string of the molecule is Cc1cc(B2OC(C)(C)C(C)(C)O2)cc2c1CN(C(=O)OC(C)(C)C)CC2. The lowest BCUT2D eigenvalue weighted by Crippen LogP contribution is -2.41. The summed E-state index contributed by atoms with van der Waals surface area (Å²) in [6.07, 6.45) is 0.561. The molecule has 0 bridgehead atoms. The molecule has 2 heterocycles. The molecule has 2 aliphatic heterocycles. The molecule has 2 aliphatic rings. The number of hydrogen-bond donors (Lipinski definition) is 0. The van der Waals surface area contributed by atoms with Crippen molar-refractivity contribution >= 4 is 18.7 Å². The number of nitrogens with zero attached hydrogens (tertiary/aromatic N) is 1. The van der Waals surface area contributed by atoms with Gasteiger partial charge < -0.3 is 18.9 Å². The van der Waals surface area contributed by atoms with Crippen molar-refractivity contribution in [3.8, 4) is 0 Å². The fourth-order valence-electron chi connectivity index (χ4n) is 3.49. The zero-order chi connectivity index (χ0) is 20.2. The molecular formula is C21H32BNO4. The standard InChI is InChI=1S/C21H32BNO4/c1-14-11-16(22-26-20(5,6)21(7,8)27-22)12-15-9-10-23(13-17(14)15)18(24)25-19(2,3)4/h11-12H,9-10,13H2,1-8H3. The van der Waals surface area contributed by atoms with Gasteiger partial charge in [0.05, 0.1) is 11.2 Å². The smallest absolute Gasteiger partial charge is 0.444 e. The van der Waals surface area contributed by atoms with E-state index >= 15 is 0 Å². The first-order valence-corrected chi connectivity index (χ1v) is 9.75. The third kappa shape index (κ3) is 4.02. The molecule has 0 spiro atoms. The summed E-state index contributed by atoms with van der Waals surface area (Å²) in [6, 6.07) is 4.30. The second-order valence-electron chi connectivity index (χ2n) is 9.72. The number of carbonyl (C=O) groups is 1. The number of rotatable bonds is 1. The van der Waals surface area contributed by atoms with Gasteiger partial charge in [0.2, 0.25) is 0 Å². The van der Waals surface area contributed by atoms with Gasteiger partial charge in [0, 0.05) is 13.1 Å². The minimum absolute atomic E-state index is 0.248. The summed E-state index contributed by atoms with van der Waals surface area (Å²) in [4.78, 5) is 14.2. The highest BCUT2D eigenvalue weighted by molar-refractivity contribution is 6.62. The highest BCUT2D eigenvalue weighted by Crippen LogP contribution is 2.37. The van der Waals surface area contributed by atoms with Gasteiger partial charge in [-0.15, -0.1) is 0 Å². The quantitative estimate of drug-likeness (QED) is 0.706. The maximum absolute atomic E-state index is 12.4. The Bertz CT molecular complexity index is 735. The Balaban J connectivity index is 1.80. The van der Waals surface area contributed by atoms with Crippen molar-refractivity contribution in [1.82, 2.24) is 4.90 Å². The van der Waals surface area contributed by atoms with E-state index in [2.05, 4.69) is 46.8 Å². The number of benzene rings is 1. The minimum atomic E-state index is -0.479. The van der Waals surface area contributed by atoms with Gasteiger partial charge in [-0.25, -0.2) is 4.79 Å². The summed E-state index contributed by atoms with van der Waals surface area (Å²) in [5.74, 6) is 0. The summed E-state index contributed by atoms with van der Waals surface area (Å²) in [6.45, 7) is 17.3. The molecule has 1 aromatic rings. The molecule has 1 fully saturated rings. The van der Waals surface area contributed by atoms with Gasteiger partial charge in [0.1, 0.15) is 5.60 Å². The lowest BCUT2D eigenvalue weighted by molar-refractivity contribution is 0.00578. The zero-order valence-corrected chi connectivity index (χ0v) is 17.9. The van der Waals surface area contributed by atoms with E-state index < -0.39 is 5.60 Å². The van der Waals surface area contributed by atoms with Crippen molar-refractivity contribution in [2.24, 2.45) is 0 Å². The summed E-state index contributed by atoms with van der Waals surface area (Å²) in [5, 5.41) is 0. The van der Waals surface area contributed by atoms with Crippen molar-refractivity contribution in [3.63, 3.8) is 0 Å². The topological polar surface area (TPSA) is 48.0 Å². The van der Waals surface area contributed by atoms with Crippen LogP contribution < -0.4 is 5.46 Å². The van der Waals surface area contributed by atoms with Crippen LogP contribution in [-0.4, -0.2) is 41.5 Å². The molecular weight excluding hydrogens is 341 g/mol. The third-order valence-corrected chi connectivity index (χ3v) is 5.76. The van der Waals surface area contributed by atoms with Crippen LogP contribution in [0.1, 0.15) is 65.2 Å². The Morgan fingerprint density at radius 1 is 1.15 bits per heavy atom. The van der Waals surface area contributed by atoms with Gasteiger partial charge in [-0.2, -0.15) is 0 Å². The minimum Gasteiger partial charge on any atom is -0.444 e. The van der Waals surface area contributed by atoms with Gasteiger partial charge in [-0.3, -0.25) is 0 Å². The predicted octanol–water partition coefficient (Wildman–Crippen LogP) is 3.59. The van der Waals surface area contributed by atoms with E-state index in [0.29, 0.717) is 13.1 Å². The van der Waals surface area contributed by atoms with Gasteiger partial charge >= 0.3 is 13.2 Å². The normalized spacial score (nSPS) is 21.2. The molecule has 5 nitrogen and oxygen atoms in total. The Kier molecular flexibility index (Phi) is 4.88. The van der Waals surface area contributed by atoms with E-state index in [1.807, 2.05) is 20.8 Å². The first-order valence-electron chi connectivity index (χ1n) is 9.75. The Morgan fingerprint density at radius 2 is 1.74 bits per heavy atom. The Labute approximate surface area is 163 Å². The predicted molar refractivity (Wildman–Crippen MR) is 107 cm³/mol. The van der Waals surface area contributed by atoms with Gasteiger partial charge in [0.15, 0.2) is 0 Å². The number of hydrogen-bond acceptors (Lipinski definition) is 4. The molecule has 148 valence electrons. The van der Waals surface area contributed by atoms with Crippen molar-refractivity contribution in [3.05, 3.63) is 28.8 Å². The molecule has 0 N–H and O–H groups in total. The molecule has 1 saturated heterocycles. The summed E-state index contributed by atoms with van der Waals surface area (Å²) in [7, 11) is -0.358. The monoisotopic (exact) mass is 373 g/mol. The lowest BCUT2D eigenvalue weighted by Gasteiger charge is -2.32. The second-order valence-corrected chi connectivity index (χ2v) is 9.72. The van der Waals surface area contributed by atoms with Crippen LogP contribution in [0.2, 0.25) is 0 Å². The maximum Gasteiger partial charge on any atom is 0.494 e. The molecule has 0 radical (unpaired) electrons. The van der Waals surface area contributed by atoms with E-state index in [-0.39, 0.29) is 24.4 Å². The number of carbonyl (C=O) groups excluding carboxylic acids is 1. The summed E-state index contributed by atoms with van der Waals surface area (Å²) in [5.41, 5.74) is 3.49. The lowest BCUT2D eigenvalue weighted by atomic mass is 9.75. The first-order chi connectivity index (χ1) is 12.3. The zero-order valence-electron chi connectivity index (χ0n) is 17.9. The van der Waals surface area contributed by atoms with Crippen LogP contribution in [0, 0.1) is 6.92 Å². The van der Waals surface area contributed by atoms with Gasteiger partial charge in [0.25, 0.3) is 0 Å². The Morgan fingerprint density at radius 3 is 2.30 bits per heavy atom. The fraction of sp³-hybridized carbons (Fsp3) is 0.667. The van der Waals surface area contributed by atoms with E-state index in [4.69, 9.17) is 14.0 Å². The molecule has 0 aliphatic carbocycles. The molecule has 0 saturated carbocycles. The molecule has 27 heavy (non-hydrogen) atoms. The number of aryl methyl sites for hydroxylation is 1. The number of fused-ring (bicyclic) bond motifs is 1. The average molecular weight is 373 g/mol. The van der Waals surface area contributed by atoms with E-state index in [0.717, 1.165) is 17.4 Å². The van der Waals surface area contributed by atoms with Crippen LogP contribution in [0.5, 0.6) is 0 Å². The summed E-state index contributed by atoms with van der Waals surface area (Å²) >= 11 is 0. The van der Waals surface area contributed by atoms with Crippen LogP contribution in [0.25, 0.3) is 0 Å². The molecule has 3 rings (SSSR count). The number of ether oxygens (including phenoxy) is 1. The van der Waals surface area contributed by atoms with Crippen LogP contribution in [-0.2, 0) is 27.0 Å². The summed E-state index contributed by atoms with van der Waals surface area (Å²) < 4.78 is 17.9. The molecule has 0 atom stereocenters. The average Bonchev–Trinajstić information content (AvgIpc) is 2.73. The maximum atomic E-state index is 12.4. The van der Waals surface area contributed by atoms with Crippen molar-refractivity contribution in [2.45, 2.75) is 85.2 Å². The van der Waals surface area contributed by atoms with E-state index in [9.17, 15) is 4.79 Å². The molecule has 0 aromatic heterocycles. The van der Waals surface area contributed by atoms with E-state index in [1.54, 1.807) is 4.90 Å². The van der Waals surface area contributed by atoms with Gasteiger partial charge in [-0.05, 0) is 84.0 Å². The fourth-order valence-corrected chi connectivity index (χ4v) is 3.49. The molecule has 0 unspecified atom stereocenters. The van der Waals surface area contributed by atoms with Crippen molar-refractivity contribution < 1.29 is 18.8 Å². The van der Waals surface area contributed by atoms with Gasteiger partial charge in [-0.1, -0.05) is 12.1 Å². The van der Waals surface area contributed by atoms with Crippen LogP contribution >= 0.6 is 0 Å². The first kappa shape index (κ1) is 20.2. The van der Waals surface area contributed by atoms with Crippen molar-refractivity contribution in [1.29, 1.82) is 0 Å². The molecule has 1 aromatic carbocycles.